The molecule has 72 valence electrons. The lowest BCUT2D eigenvalue weighted by Gasteiger charge is -2.37. The van der Waals surface area contributed by atoms with Crippen molar-refractivity contribution in [2.75, 3.05) is 7.11 Å². The summed E-state index contributed by atoms with van der Waals surface area (Å²) in [6.07, 6.45) is -5.26. The lowest BCUT2D eigenvalue weighted by molar-refractivity contribution is -0.183. The number of aliphatic hydroxyl groups excluding tert-OH is 4. The zero-order chi connectivity index (χ0) is 9.30. The zero-order valence-electron chi connectivity index (χ0n) is 6.79. The van der Waals surface area contributed by atoms with Crippen LogP contribution in [-0.4, -0.2) is 58.1 Å². The average Bonchev–Trinajstić information content (AvgIpc) is 2.08. The van der Waals surface area contributed by atoms with E-state index in [9.17, 15) is 10.2 Å². The normalized spacial score (nSPS) is 49.2. The van der Waals surface area contributed by atoms with Crippen LogP contribution < -0.4 is 0 Å². The third-order valence-corrected chi connectivity index (χ3v) is 2.25. The quantitative estimate of drug-likeness (QED) is 0.367. The second-order valence-corrected chi connectivity index (χ2v) is 3.05. The molecule has 0 saturated heterocycles. The Morgan fingerprint density at radius 2 is 1.58 bits per heavy atom. The van der Waals surface area contributed by atoms with E-state index in [2.05, 4.69) is 0 Å². The monoisotopic (exact) mass is 178 g/mol. The van der Waals surface area contributed by atoms with Crippen LogP contribution in [0.25, 0.3) is 0 Å². The van der Waals surface area contributed by atoms with Crippen LogP contribution in [0.2, 0.25) is 0 Å². The molecular formula is C7H14O5. The van der Waals surface area contributed by atoms with Gasteiger partial charge in [0.05, 0.1) is 12.2 Å². The minimum Gasteiger partial charge on any atom is -0.390 e. The van der Waals surface area contributed by atoms with Crippen LogP contribution in [-0.2, 0) is 4.74 Å². The molecule has 0 heterocycles. The molecule has 0 aromatic carbocycles. The maximum atomic E-state index is 9.28. The molecule has 1 fully saturated rings. The lowest BCUT2D eigenvalue weighted by Crippen LogP contribution is -2.56. The molecule has 0 radical (unpaired) electrons. The Balaban J connectivity index is 2.63. The van der Waals surface area contributed by atoms with Gasteiger partial charge in [0, 0.05) is 13.5 Å². The van der Waals surface area contributed by atoms with E-state index in [0.717, 1.165) is 0 Å². The van der Waals surface area contributed by atoms with Gasteiger partial charge in [-0.15, -0.1) is 0 Å². The van der Waals surface area contributed by atoms with Gasteiger partial charge in [0.25, 0.3) is 0 Å². The first-order chi connectivity index (χ1) is 5.57. The minimum atomic E-state index is -1.33. The minimum absolute atomic E-state index is 0.135. The molecular weight excluding hydrogens is 164 g/mol. The molecule has 1 aliphatic carbocycles. The maximum Gasteiger partial charge on any atom is 0.111 e. The molecule has 0 aliphatic heterocycles. The number of hydrogen-bond donors (Lipinski definition) is 4. The molecule has 5 atom stereocenters. The molecule has 0 spiro atoms. The fourth-order valence-electron chi connectivity index (χ4n) is 1.40. The molecule has 4 N–H and O–H groups in total. The van der Waals surface area contributed by atoms with Crippen molar-refractivity contribution in [1.82, 2.24) is 0 Å². The van der Waals surface area contributed by atoms with Crippen LogP contribution in [0.4, 0.5) is 0 Å². The summed E-state index contributed by atoms with van der Waals surface area (Å²) < 4.78 is 4.81. The second kappa shape index (κ2) is 3.68. The van der Waals surface area contributed by atoms with Crippen molar-refractivity contribution in [2.45, 2.75) is 36.9 Å². The Morgan fingerprint density at radius 3 is 2.08 bits per heavy atom. The highest BCUT2D eigenvalue weighted by Crippen LogP contribution is 2.22. The summed E-state index contributed by atoms with van der Waals surface area (Å²) in [7, 11) is 1.38. The highest BCUT2D eigenvalue weighted by molar-refractivity contribution is 4.93. The smallest absolute Gasteiger partial charge is 0.111 e. The largest absolute Gasteiger partial charge is 0.390 e. The Bertz CT molecular complexity index is 146. The molecule has 5 nitrogen and oxygen atoms in total. The number of rotatable bonds is 1. The average molecular weight is 178 g/mol. The van der Waals surface area contributed by atoms with Gasteiger partial charge in [0.1, 0.15) is 18.3 Å². The first-order valence-electron chi connectivity index (χ1n) is 3.83. The highest BCUT2D eigenvalue weighted by Gasteiger charge is 2.41. The van der Waals surface area contributed by atoms with Crippen molar-refractivity contribution < 1.29 is 25.2 Å². The highest BCUT2D eigenvalue weighted by atomic mass is 16.5. The first-order valence-corrected chi connectivity index (χ1v) is 3.83. The summed E-state index contributed by atoms with van der Waals surface area (Å²) in [4.78, 5) is 0. The van der Waals surface area contributed by atoms with Gasteiger partial charge >= 0.3 is 0 Å². The molecule has 12 heavy (non-hydrogen) atoms. The Kier molecular flexibility index (Phi) is 3.03. The maximum absolute atomic E-state index is 9.28. The summed E-state index contributed by atoms with van der Waals surface area (Å²) in [5, 5.41) is 36.7. The number of aliphatic hydroxyl groups is 4. The number of ether oxygens (including phenoxy) is 1. The molecule has 1 rings (SSSR count). The molecule has 1 aliphatic rings. The van der Waals surface area contributed by atoms with E-state index in [1.165, 1.54) is 7.11 Å². The van der Waals surface area contributed by atoms with E-state index in [1.807, 2.05) is 0 Å². The third-order valence-electron chi connectivity index (χ3n) is 2.25. The van der Waals surface area contributed by atoms with E-state index in [1.54, 1.807) is 0 Å². The SMILES string of the molecule is CO[C@@H]1C[C@H](O)[C@H](O)[C@H](O)[C@H]1O. The summed E-state index contributed by atoms with van der Waals surface area (Å²) in [6.45, 7) is 0. The summed E-state index contributed by atoms with van der Waals surface area (Å²) in [5.74, 6) is 0. The predicted octanol–water partition coefficient (Wildman–Crippen LogP) is -2.15. The molecule has 1 saturated carbocycles. The number of methoxy groups -OCH3 is 1. The van der Waals surface area contributed by atoms with Crippen LogP contribution in [0, 0.1) is 0 Å². The lowest BCUT2D eigenvalue weighted by atomic mass is 9.87. The molecule has 0 unspecified atom stereocenters. The molecule has 0 aromatic heterocycles. The van der Waals surface area contributed by atoms with Gasteiger partial charge in [-0.25, -0.2) is 0 Å². The van der Waals surface area contributed by atoms with Gasteiger partial charge < -0.3 is 25.2 Å². The van der Waals surface area contributed by atoms with Gasteiger partial charge in [-0.05, 0) is 0 Å². The van der Waals surface area contributed by atoms with Gasteiger partial charge in [0.2, 0.25) is 0 Å². The topological polar surface area (TPSA) is 90.2 Å². The van der Waals surface area contributed by atoms with E-state index < -0.39 is 30.5 Å². The van der Waals surface area contributed by atoms with Gasteiger partial charge in [-0.2, -0.15) is 0 Å². The van der Waals surface area contributed by atoms with Crippen LogP contribution in [0.1, 0.15) is 6.42 Å². The van der Waals surface area contributed by atoms with Crippen LogP contribution in [0.5, 0.6) is 0 Å². The summed E-state index contributed by atoms with van der Waals surface area (Å²) >= 11 is 0. The zero-order valence-corrected chi connectivity index (χ0v) is 6.79. The van der Waals surface area contributed by atoms with Crippen molar-refractivity contribution in [1.29, 1.82) is 0 Å². The van der Waals surface area contributed by atoms with Crippen molar-refractivity contribution in [3.63, 3.8) is 0 Å². The van der Waals surface area contributed by atoms with Gasteiger partial charge in [0.15, 0.2) is 0 Å². The predicted molar refractivity (Wildman–Crippen MR) is 39.4 cm³/mol. The van der Waals surface area contributed by atoms with Crippen LogP contribution >= 0.6 is 0 Å². The van der Waals surface area contributed by atoms with Crippen molar-refractivity contribution in [2.24, 2.45) is 0 Å². The van der Waals surface area contributed by atoms with E-state index in [-0.39, 0.29) is 6.42 Å². The molecule has 5 heteroatoms. The number of hydrogen-bond acceptors (Lipinski definition) is 5. The molecule has 0 amide bonds. The van der Waals surface area contributed by atoms with Crippen LogP contribution in [0.3, 0.4) is 0 Å². The van der Waals surface area contributed by atoms with E-state index in [4.69, 9.17) is 14.9 Å². The van der Waals surface area contributed by atoms with E-state index in [0.29, 0.717) is 0 Å². The van der Waals surface area contributed by atoms with E-state index >= 15 is 0 Å². The van der Waals surface area contributed by atoms with Gasteiger partial charge in [-0.3, -0.25) is 0 Å². The summed E-state index contributed by atoms with van der Waals surface area (Å²) in [6, 6.07) is 0. The van der Waals surface area contributed by atoms with Crippen molar-refractivity contribution in [3.05, 3.63) is 0 Å². The van der Waals surface area contributed by atoms with Crippen LogP contribution in [0.15, 0.2) is 0 Å². The second-order valence-electron chi connectivity index (χ2n) is 3.05. The molecule has 0 bridgehead atoms. The van der Waals surface area contributed by atoms with Gasteiger partial charge in [-0.1, -0.05) is 0 Å². The fourth-order valence-corrected chi connectivity index (χ4v) is 1.40. The van der Waals surface area contributed by atoms with Crippen molar-refractivity contribution in [3.8, 4) is 0 Å². The fraction of sp³-hybridized carbons (Fsp3) is 1.00. The Morgan fingerprint density at radius 1 is 1.00 bits per heavy atom. The standard InChI is InChI=1S/C7H14O5/c1-12-4-2-3(8)5(9)7(11)6(4)10/h3-11H,2H2,1H3/t3-,4+,5-,6-,7-/m0/s1. The first kappa shape index (κ1) is 9.88. The summed E-state index contributed by atoms with van der Waals surface area (Å²) in [5.41, 5.74) is 0. The Labute approximate surface area is 70.2 Å². The molecule has 0 aromatic rings. The van der Waals surface area contributed by atoms with Crippen molar-refractivity contribution >= 4 is 0 Å². The Hall–Kier alpha value is -0.200. The third kappa shape index (κ3) is 1.60.